The monoisotopic (exact) mass is 877 g/mol. The van der Waals surface area contributed by atoms with Crippen LogP contribution < -0.4 is 10.6 Å². The number of nitrogens with zero attached hydrogens (tertiary/aromatic N) is 5. The molecule has 1 heterocycles. The van der Waals surface area contributed by atoms with Crippen LogP contribution in [0.15, 0.2) is 103 Å². The van der Waals surface area contributed by atoms with Crippen LogP contribution in [0.5, 0.6) is 5.75 Å². The van der Waals surface area contributed by atoms with Crippen molar-refractivity contribution in [2.24, 2.45) is 10.2 Å². The molecule has 296 valence electrons. The van der Waals surface area contributed by atoms with Gasteiger partial charge in [-0.2, -0.15) is 15.0 Å². The molecule has 4 N–H and O–H groups in total. The maximum absolute atomic E-state index is 12.4. The third-order valence-corrected chi connectivity index (χ3v) is 11.3. The number of nitrogens with one attached hydrogen (secondary N) is 2. The summed E-state index contributed by atoms with van der Waals surface area (Å²) in [4.78, 5) is 19.2. The number of fused-ring (bicyclic) bond motifs is 2. The molecule has 0 radical (unpaired) electrons. The number of carboxylic acids is 1. The van der Waals surface area contributed by atoms with Crippen LogP contribution >= 0.6 is 11.6 Å². The molecule has 0 amide bonds. The molecule has 0 spiro atoms. The number of aromatic nitrogens is 3. The van der Waals surface area contributed by atoms with Crippen LogP contribution in [0.3, 0.4) is 0 Å². The number of anilines is 4. The Bertz CT molecular complexity index is 3200. The van der Waals surface area contributed by atoms with Crippen molar-refractivity contribution < 1.29 is 66.9 Å². The predicted molar refractivity (Wildman–Crippen MR) is 190 cm³/mol. The van der Waals surface area contributed by atoms with Crippen molar-refractivity contribution >= 4 is 114 Å². The number of halogens is 1. The average Bonchev–Trinajstić information content (AvgIpc) is 3.08. The lowest BCUT2D eigenvalue weighted by atomic mass is 10.1. The van der Waals surface area contributed by atoms with Crippen molar-refractivity contribution in [3.63, 3.8) is 0 Å². The number of phenols is 1. The molecule has 0 fully saturated rings. The summed E-state index contributed by atoms with van der Waals surface area (Å²) in [7, 11) is -21.4. The highest BCUT2D eigenvalue weighted by atomic mass is 35.5. The number of hydrogen-bond donors (Lipinski definition) is 4. The molecule has 0 saturated carbocycles. The molecule has 0 atom stereocenters. The Morgan fingerprint density at radius 2 is 1.30 bits per heavy atom. The normalized spacial score (nSPS) is 12.6. The minimum Gasteiger partial charge on any atom is -0.744 e. The van der Waals surface area contributed by atoms with Gasteiger partial charge < -0.3 is 39.1 Å². The number of aromatic hydroxyl groups is 1. The predicted octanol–water partition coefficient (Wildman–Crippen LogP) is 3.75. The third kappa shape index (κ3) is 8.57. The molecule has 0 unspecified atom stereocenters. The average molecular weight is 878 g/mol. The van der Waals surface area contributed by atoms with Crippen molar-refractivity contribution in [1.29, 1.82) is 0 Å². The molecule has 0 saturated heterocycles. The Morgan fingerprint density at radius 3 is 1.89 bits per heavy atom. The molecule has 22 nitrogen and oxygen atoms in total. The van der Waals surface area contributed by atoms with Gasteiger partial charge in [-0.3, -0.25) is 0 Å². The van der Waals surface area contributed by atoms with E-state index >= 15 is 0 Å². The van der Waals surface area contributed by atoms with E-state index in [0.29, 0.717) is 24.3 Å². The number of azo groups is 1. The van der Waals surface area contributed by atoms with E-state index in [1.807, 2.05) is 0 Å². The first-order valence-electron chi connectivity index (χ1n) is 14.9. The van der Waals surface area contributed by atoms with Crippen LogP contribution in [0, 0.1) is 0 Å². The van der Waals surface area contributed by atoms with Gasteiger partial charge in [-0.1, -0.05) is 30.3 Å². The molecule has 0 aliphatic rings. The number of carboxylic acid groups (broad SMARTS) is 1. The molecule has 5 aromatic carbocycles. The SMILES string of the molecule is O=C(O)c1cc(S(=O)(=O)[O-])ccc1Nc1nc(Cl)nc(Nc2cc(S(=O)(=O)[O-])cc3cc(S(=O)(=O)[O-])c(N=Nc4ccc5ccccc5c4S(=O)(=O)[O-])c(O)c23)n1. The van der Waals surface area contributed by atoms with E-state index in [-0.39, 0.29) is 16.5 Å². The molecule has 6 aromatic rings. The highest BCUT2D eigenvalue weighted by molar-refractivity contribution is 7.86. The Labute approximate surface area is 324 Å². The summed E-state index contributed by atoms with van der Waals surface area (Å²) >= 11 is 6.03. The Hall–Kier alpha value is -5.97. The van der Waals surface area contributed by atoms with E-state index in [2.05, 4.69) is 35.8 Å². The summed E-state index contributed by atoms with van der Waals surface area (Å²) in [6, 6.07) is 12.0. The van der Waals surface area contributed by atoms with Crippen molar-refractivity contribution in [2.45, 2.75) is 19.6 Å². The van der Waals surface area contributed by atoms with E-state index in [4.69, 9.17) is 11.6 Å². The first-order chi connectivity index (χ1) is 26.4. The first-order valence-corrected chi connectivity index (χ1v) is 20.9. The number of phenolic OH excluding ortho intramolecular Hbond substituents is 1. The lowest BCUT2D eigenvalue weighted by Crippen LogP contribution is -2.09. The number of hydrogen-bond acceptors (Lipinski definition) is 21. The van der Waals surface area contributed by atoms with Crippen LogP contribution in [0.4, 0.5) is 34.6 Å². The zero-order valence-corrected chi connectivity index (χ0v) is 31.4. The second-order valence-electron chi connectivity index (χ2n) is 11.3. The van der Waals surface area contributed by atoms with Gasteiger partial charge in [0.15, 0.2) is 5.75 Å². The third-order valence-electron chi connectivity index (χ3n) is 7.66. The van der Waals surface area contributed by atoms with Gasteiger partial charge in [0.25, 0.3) is 0 Å². The topological polar surface area (TPSA) is 374 Å². The lowest BCUT2D eigenvalue weighted by molar-refractivity contribution is 0.0697. The molecule has 27 heteroatoms. The summed E-state index contributed by atoms with van der Waals surface area (Å²) in [5.74, 6) is -4.13. The molecule has 57 heavy (non-hydrogen) atoms. The number of benzene rings is 5. The van der Waals surface area contributed by atoms with Crippen molar-refractivity contribution in [3.05, 3.63) is 83.6 Å². The van der Waals surface area contributed by atoms with Gasteiger partial charge in [0, 0.05) is 10.8 Å². The van der Waals surface area contributed by atoms with E-state index < -0.39 is 122 Å². The second kappa shape index (κ2) is 14.5. The summed E-state index contributed by atoms with van der Waals surface area (Å²) in [5, 5.41) is 31.6. The van der Waals surface area contributed by atoms with Crippen LogP contribution in [0.2, 0.25) is 5.28 Å². The van der Waals surface area contributed by atoms with Gasteiger partial charge in [0.05, 0.1) is 36.5 Å². The highest BCUT2D eigenvalue weighted by Crippen LogP contribution is 2.46. The van der Waals surface area contributed by atoms with Gasteiger partial charge >= 0.3 is 5.97 Å². The molecular formula is C30H16ClN7O15S4-4. The Morgan fingerprint density at radius 1 is 0.667 bits per heavy atom. The Balaban J connectivity index is 1.53. The number of aromatic carboxylic acids is 1. The van der Waals surface area contributed by atoms with Crippen LogP contribution in [0.1, 0.15) is 10.4 Å². The smallest absolute Gasteiger partial charge is 0.337 e. The van der Waals surface area contributed by atoms with Gasteiger partial charge in [-0.15, -0.1) is 10.2 Å². The number of rotatable bonds is 11. The van der Waals surface area contributed by atoms with Crippen molar-refractivity contribution in [1.82, 2.24) is 15.0 Å². The summed E-state index contributed by atoms with van der Waals surface area (Å²) < 4.78 is 145. The standard InChI is InChI=1S/C30H20ClN7O15S4/c31-28-34-29(32-19-8-6-15(54(42,43)44)11-18(19)27(40)41)36-30(35-28)33-21-12-16(55(45,46)47)9-14-10-22(56(48,49)50)24(25(39)23(14)21)38-37-20-7-5-13-3-1-2-4-17(13)26(20)57(51,52)53/h1-12,39H,(H,40,41)(H,42,43,44)(H,45,46,47)(H,48,49,50)(H,51,52,53)(H2,32,33,34,35,36)/p-4. The zero-order chi connectivity index (χ0) is 41.8. The van der Waals surface area contributed by atoms with Gasteiger partial charge in [0.1, 0.15) is 51.8 Å². The van der Waals surface area contributed by atoms with Gasteiger partial charge in [-0.05, 0) is 64.8 Å². The Kier molecular flexibility index (Phi) is 10.4. The van der Waals surface area contributed by atoms with Crippen LogP contribution in [0.25, 0.3) is 21.5 Å². The highest BCUT2D eigenvalue weighted by Gasteiger charge is 2.23. The second-order valence-corrected chi connectivity index (χ2v) is 17.1. The fraction of sp³-hybridized carbons (Fsp3) is 0. The van der Waals surface area contributed by atoms with E-state index in [9.17, 15) is 66.9 Å². The molecule has 1 aromatic heterocycles. The lowest BCUT2D eigenvalue weighted by Gasteiger charge is -2.18. The van der Waals surface area contributed by atoms with E-state index in [1.165, 1.54) is 24.3 Å². The van der Waals surface area contributed by atoms with Crippen molar-refractivity contribution in [3.8, 4) is 5.75 Å². The van der Waals surface area contributed by atoms with Crippen molar-refractivity contribution in [2.75, 3.05) is 10.6 Å². The van der Waals surface area contributed by atoms with Gasteiger partial charge in [0.2, 0.25) is 17.2 Å². The minimum absolute atomic E-state index is 0.0994. The summed E-state index contributed by atoms with van der Waals surface area (Å²) in [6.07, 6.45) is 0. The molecule has 6 rings (SSSR count). The van der Waals surface area contributed by atoms with Gasteiger partial charge in [-0.25, -0.2) is 38.5 Å². The number of carbonyl (C=O) groups is 1. The quantitative estimate of drug-likeness (QED) is 0.106. The largest absolute Gasteiger partial charge is 0.744 e. The zero-order valence-electron chi connectivity index (χ0n) is 27.4. The molecule has 0 bridgehead atoms. The van der Waals surface area contributed by atoms with Crippen LogP contribution in [-0.2, 0) is 40.5 Å². The maximum atomic E-state index is 12.4. The fourth-order valence-corrected chi connectivity index (χ4v) is 7.99. The van der Waals surface area contributed by atoms with E-state index in [0.717, 1.165) is 18.2 Å². The molecule has 0 aliphatic carbocycles. The summed E-state index contributed by atoms with van der Waals surface area (Å²) in [5.41, 5.74) is -3.49. The summed E-state index contributed by atoms with van der Waals surface area (Å²) in [6.45, 7) is 0. The molecular weight excluding hydrogens is 862 g/mol. The first kappa shape index (κ1) is 40.7. The maximum Gasteiger partial charge on any atom is 0.337 e. The van der Waals surface area contributed by atoms with Crippen LogP contribution in [-0.4, -0.2) is 83.0 Å². The minimum atomic E-state index is -5.65. The fourth-order valence-electron chi connectivity index (χ4n) is 5.33. The molecule has 0 aliphatic heterocycles. The van der Waals surface area contributed by atoms with E-state index in [1.54, 1.807) is 6.07 Å².